The third kappa shape index (κ3) is 4.83. The number of nitrogens with one attached hydrogen (secondary N) is 1. The van der Waals surface area contributed by atoms with Crippen LogP contribution in [0.4, 0.5) is 5.69 Å². The van der Waals surface area contributed by atoms with Gasteiger partial charge in [-0.1, -0.05) is 60.7 Å². The minimum absolute atomic E-state index is 0.668. The topological polar surface area (TPSA) is 24.5 Å². The van der Waals surface area contributed by atoms with E-state index in [-0.39, 0.29) is 0 Å². The summed E-state index contributed by atoms with van der Waals surface area (Å²) in [5.74, 6) is 0.853. The Balaban J connectivity index is 1.71. The summed E-state index contributed by atoms with van der Waals surface area (Å²) >= 11 is 5.69. The van der Waals surface area contributed by atoms with E-state index >= 15 is 0 Å². The van der Waals surface area contributed by atoms with Crippen LogP contribution in [0.25, 0.3) is 0 Å². The van der Waals surface area contributed by atoms with Crippen LogP contribution in [0.15, 0.2) is 84.9 Å². The van der Waals surface area contributed by atoms with E-state index in [4.69, 9.17) is 17.0 Å². The Morgan fingerprint density at radius 2 is 1.46 bits per heavy atom. The number of anilines is 1. The summed E-state index contributed by atoms with van der Waals surface area (Å²) in [7, 11) is 1.67. The first-order chi connectivity index (χ1) is 12.8. The van der Waals surface area contributed by atoms with Crippen LogP contribution in [0.1, 0.15) is 11.1 Å². The monoisotopic (exact) mass is 362 g/mol. The van der Waals surface area contributed by atoms with E-state index in [0.29, 0.717) is 11.7 Å². The maximum atomic E-state index is 5.69. The van der Waals surface area contributed by atoms with Gasteiger partial charge < -0.3 is 15.0 Å². The van der Waals surface area contributed by atoms with Crippen molar-refractivity contribution in [3.05, 3.63) is 96.1 Å². The van der Waals surface area contributed by atoms with Gasteiger partial charge in [0.2, 0.25) is 0 Å². The maximum absolute atomic E-state index is 5.69. The third-order valence-corrected chi connectivity index (χ3v) is 4.46. The molecule has 0 bridgehead atoms. The summed E-state index contributed by atoms with van der Waals surface area (Å²) in [6.07, 6.45) is 0. The second-order valence-corrected chi connectivity index (χ2v) is 6.30. The number of benzene rings is 3. The van der Waals surface area contributed by atoms with Gasteiger partial charge in [-0.25, -0.2) is 0 Å². The first-order valence-electron chi connectivity index (χ1n) is 8.53. The quantitative estimate of drug-likeness (QED) is 0.638. The number of hydrogen-bond donors (Lipinski definition) is 1. The predicted molar refractivity (Wildman–Crippen MR) is 111 cm³/mol. The molecular formula is C22H22N2OS. The Hall–Kier alpha value is -2.85. The molecule has 3 aromatic carbocycles. The molecule has 0 unspecified atom stereocenters. The fourth-order valence-electron chi connectivity index (χ4n) is 2.67. The van der Waals surface area contributed by atoms with Gasteiger partial charge in [-0.3, -0.25) is 0 Å². The molecule has 0 spiro atoms. The van der Waals surface area contributed by atoms with E-state index in [1.807, 2.05) is 60.7 Å². The van der Waals surface area contributed by atoms with Crippen molar-refractivity contribution in [1.29, 1.82) is 0 Å². The molecule has 0 radical (unpaired) electrons. The van der Waals surface area contributed by atoms with E-state index in [0.717, 1.165) is 23.5 Å². The fourth-order valence-corrected chi connectivity index (χ4v) is 2.91. The van der Waals surface area contributed by atoms with Crippen molar-refractivity contribution in [1.82, 2.24) is 5.32 Å². The van der Waals surface area contributed by atoms with Crippen LogP contribution in [-0.4, -0.2) is 12.2 Å². The van der Waals surface area contributed by atoms with Crippen LogP contribution in [0.3, 0.4) is 0 Å². The number of ether oxygens (including phenoxy) is 1. The average molecular weight is 362 g/mol. The van der Waals surface area contributed by atoms with Gasteiger partial charge >= 0.3 is 0 Å². The van der Waals surface area contributed by atoms with Crippen LogP contribution >= 0.6 is 12.2 Å². The van der Waals surface area contributed by atoms with Gasteiger partial charge in [-0.15, -0.1) is 0 Å². The molecule has 3 nitrogen and oxygen atoms in total. The molecule has 0 aliphatic rings. The highest BCUT2D eigenvalue weighted by atomic mass is 32.1. The fraction of sp³-hybridized carbons (Fsp3) is 0.136. The van der Waals surface area contributed by atoms with E-state index in [1.54, 1.807) is 7.11 Å². The standard InChI is InChI=1S/C22H22N2OS/c1-25-21-14-12-18(13-15-21)16-23-22(26)24(20-10-6-3-7-11-20)17-19-8-4-2-5-9-19/h2-15H,16-17H2,1H3,(H,23,26). The lowest BCUT2D eigenvalue weighted by Crippen LogP contribution is -2.39. The average Bonchev–Trinajstić information content (AvgIpc) is 2.72. The minimum atomic E-state index is 0.668. The number of thiocarbonyl (C=S) groups is 1. The Bertz CT molecular complexity index is 820. The van der Waals surface area contributed by atoms with Crippen molar-refractivity contribution in [2.24, 2.45) is 0 Å². The minimum Gasteiger partial charge on any atom is -0.497 e. The van der Waals surface area contributed by atoms with Crippen molar-refractivity contribution in [2.45, 2.75) is 13.1 Å². The van der Waals surface area contributed by atoms with Gasteiger partial charge in [0.05, 0.1) is 13.7 Å². The maximum Gasteiger partial charge on any atom is 0.174 e. The highest BCUT2D eigenvalue weighted by Crippen LogP contribution is 2.18. The number of hydrogen-bond acceptors (Lipinski definition) is 2. The summed E-state index contributed by atoms with van der Waals surface area (Å²) < 4.78 is 5.20. The zero-order chi connectivity index (χ0) is 18.2. The van der Waals surface area contributed by atoms with Gasteiger partial charge in [0.1, 0.15) is 5.75 Å². The Labute approximate surface area is 160 Å². The lowest BCUT2D eigenvalue weighted by Gasteiger charge is -2.26. The molecule has 0 aliphatic heterocycles. The molecule has 0 saturated heterocycles. The summed E-state index contributed by atoms with van der Waals surface area (Å²) in [6.45, 7) is 1.39. The highest BCUT2D eigenvalue weighted by molar-refractivity contribution is 7.80. The number of methoxy groups -OCH3 is 1. The van der Waals surface area contributed by atoms with Gasteiger partial charge in [-0.2, -0.15) is 0 Å². The van der Waals surface area contributed by atoms with Crippen LogP contribution in [0.5, 0.6) is 5.75 Å². The normalized spacial score (nSPS) is 10.2. The van der Waals surface area contributed by atoms with Crippen LogP contribution < -0.4 is 15.0 Å². The molecule has 4 heteroatoms. The Kier molecular flexibility index (Phi) is 6.23. The molecule has 3 rings (SSSR count). The zero-order valence-electron chi connectivity index (χ0n) is 14.8. The first kappa shape index (κ1) is 18.0. The van der Waals surface area contributed by atoms with E-state index in [1.165, 1.54) is 5.56 Å². The van der Waals surface area contributed by atoms with Crippen LogP contribution in [-0.2, 0) is 13.1 Å². The molecule has 1 N–H and O–H groups in total. The molecule has 0 aromatic heterocycles. The van der Waals surface area contributed by atoms with E-state index in [9.17, 15) is 0 Å². The molecular weight excluding hydrogens is 340 g/mol. The van der Waals surface area contributed by atoms with Gasteiger partial charge in [0.15, 0.2) is 5.11 Å². The molecule has 0 saturated carbocycles. The molecule has 0 amide bonds. The molecule has 0 atom stereocenters. The smallest absolute Gasteiger partial charge is 0.174 e. The number of nitrogens with zero attached hydrogens (tertiary/aromatic N) is 1. The van der Waals surface area contributed by atoms with Crippen LogP contribution in [0.2, 0.25) is 0 Å². The second kappa shape index (κ2) is 9.02. The summed E-state index contributed by atoms with van der Waals surface area (Å²) in [5.41, 5.74) is 3.44. The van der Waals surface area contributed by atoms with E-state index < -0.39 is 0 Å². The van der Waals surface area contributed by atoms with Crippen molar-refractivity contribution >= 4 is 23.0 Å². The lowest BCUT2D eigenvalue weighted by molar-refractivity contribution is 0.414. The summed E-state index contributed by atoms with van der Waals surface area (Å²) in [4.78, 5) is 2.12. The Morgan fingerprint density at radius 3 is 2.08 bits per heavy atom. The SMILES string of the molecule is COc1ccc(CNC(=S)N(Cc2ccccc2)c2ccccc2)cc1. The molecule has 0 fully saturated rings. The molecule has 0 heterocycles. The molecule has 132 valence electrons. The van der Waals surface area contributed by atoms with Crippen molar-refractivity contribution in [2.75, 3.05) is 12.0 Å². The molecule has 3 aromatic rings. The summed E-state index contributed by atoms with van der Waals surface area (Å²) in [6, 6.07) is 28.6. The van der Waals surface area contributed by atoms with Gasteiger partial charge in [0.25, 0.3) is 0 Å². The summed E-state index contributed by atoms with van der Waals surface area (Å²) in [5, 5.41) is 4.08. The van der Waals surface area contributed by atoms with E-state index in [2.05, 4.69) is 34.5 Å². The van der Waals surface area contributed by atoms with Gasteiger partial charge in [-0.05, 0) is 47.6 Å². The number of para-hydroxylation sites is 1. The van der Waals surface area contributed by atoms with Crippen molar-refractivity contribution in [3.63, 3.8) is 0 Å². The third-order valence-electron chi connectivity index (χ3n) is 4.10. The highest BCUT2D eigenvalue weighted by Gasteiger charge is 2.12. The van der Waals surface area contributed by atoms with Gasteiger partial charge in [0, 0.05) is 12.2 Å². The van der Waals surface area contributed by atoms with Crippen molar-refractivity contribution in [3.8, 4) is 5.75 Å². The van der Waals surface area contributed by atoms with Crippen molar-refractivity contribution < 1.29 is 4.74 Å². The first-order valence-corrected chi connectivity index (χ1v) is 8.94. The van der Waals surface area contributed by atoms with Crippen LogP contribution in [0, 0.1) is 0 Å². The zero-order valence-corrected chi connectivity index (χ0v) is 15.6. The largest absolute Gasteiger partial charge is 0.497 e. The Morgan fingerprint density at radius 1 is 0.846 bits per heavy atom. The predicted octanol–water partition coefficient (Wildman–Crippen LogP) is 4.78. The molecule has 0 aliphatic carbocycles. The lowest BCUT2D eigenvalue weighted by atomic mass is 10.2. The second-order valence-electron chi connectivity index (χ2n) is 5.91. The number of rotatable bonds is 6. The molecule has 26 heavy (non-hydrogen) atoms.